The average Bonchev–Trinajstić information content (AvgIpc) is 3.34. The van der Waals surface area contributed by atoms with Gasteiger partial charge < -0.3 is 14.2 Å². The molecule has 0 spiro atoms. The summed E-state index contributed by atoms with van der Waals surface area (Å²) in [6, 6.07) is 9.73. The Kier molecular flexibility index (Phi) is 3.77. The molecule has 1 aromatic carbocycles. The summed E-state index contributed by atoms with van der Waals surface area (Å²) in [5, 5.41) is 10.9. The van der Waals surface area contributed by atoms with Crippen LogP contribution in [-0.4, -0.2) is 27.0 Å². The van der Waals surface area contributed by atoms with E-state index in [2.05, 4.69) is 15.5 Å². The van der Waals surface area contributed by atoms with Crippen LogP contribution >= 0.6 is 11.6 Å². The number of hydrogen-bond donors (Lipinski definition) is 1. The van der Waals surface area contributed by atoms with E-state index in [1.165, 1.54) is 6.26 Å². The Morgan fingerprint density at radius 1 is 1.19 bits per heavy atom. The van der Waals surface area contributed by atoms with Gasteiger partial charge in [0.25, 0.3) is 5.91 Å². The van der Waals surface area contributed by atoms with E-state index in [4.69, 9.17) is 20.4 Å². The Balaban J connectivity index is 1.58. The summed E-state index contributed by atoms with van der Waals surface area (Å²) in [4.78, 5) is 26.0. The summed E-state index contributed by atoms with van der Waals surface area (Å²) in [6.45, 7) is 1.42. The number of urea groups is 1. The van der Waals surface area contributed by atoms with E-state index in [1.54, 1.807) is 43.3 Å². The highest BCUT2D eigenvalue weighted by Gasteiger charge is 2.51. The lowest BCUT2D eigenvalue weighted by Gasteiger charge is -2.18. The van der Waals surface area contributed by atoms with Crippen molar-refractivity contribution in [3.8, 4) is 11.5 Å². The van der Waals surface area contributed by atoms with Crippen LogP contribution in [0.3, 0.4) is 0 Å². The van der Waals surface area contributed by atoms with Crippen LogP contribution in [0, 0.1) is 0 Å². The van der Waals surface area contributed by atoms with E-state index >= 15 is 0 Å². The first-order valence-corrected chi connectivity index (χ1v) is 8.12. The van der Waals surface area contributed by atoms with Gasteiger partial charge in [0.05, 0.1) is 16.8 Å². The maximum absolute atomic E-state index is 12.7. The zero-order valence-corrected chi connectivity index (χ0v) is 14.4. The number of furan rings is 1. The number of nitrogens with zero attached hydrogens (tertiary/aromatic N) is 3. The van der Waals surface area contributed by atoms with Crippen LogP contribution in [0.4, 0.5) is 4.79 Å². The molecule has 1 saturated heterocycles. The zero-order valence-electron chi connectivity index (χ0n) is 13.6. The fraction of sp³-hybridized carbons (Fsp3) is 0.176. The van der Waals surface area contributed by atoms with Gasteiger partial charge in [-0.2, -0.15) is 0 Å². The molecule has 0 bridgehead atoms. The third-order valence-corrected chi connectivity index (χ3v) is 4.48. The Morgan fingerprint density at radius 3 is 2.73 bits per heavy atom. The van der Waals surface area contributed by atoms with Crippen LogP contribution in [0.15, 0.2) is 51.5 Å². The molecule has 3 heterocycles. The van der Waals surface area contributed by atoms with Crippen LogP contribution in [0.1, 0.15) is 18.6 Å². The van der Waals surface area contributed by atoms with Crippen molar-refractivity contribution in [2.45, 2.75) is 19.0 Å². The number of carbonyl (C=O) groups excluding carboxylic acids is 2. The Hall–Kier alpha value is -3.13. The lowest BCUT2D eigenvalue weighted by molar-refractivity contribution is -0.132. The topological polar surface area (TPSA) is 101 Å². The molecule has 0 aliphatic carbocycles. The molecule has 9 heteroatoms. The van der Waals surface area contributed by atoms with Gasteiger partial charge in [-0.1, -0.05) is 23.7 Å². The highest BCUT2D eigenvalue weighted by molar-refractivity contribution is 6.33. The molecule has 1 N–H and O–H groups in total. The molecule has 132 valence electrons. The number of amides is 3. The van der Waals surface area contributed by atoms with E-state index in [9.17, 15) is 9.59 Å². The van der Waals surface area contributed by atoms with Crippen molar-refractivity contribution in [1.82, 2.24) is 20.4 Å². The first-order valence-electron chi connectivity index (χ1n) is 7.74. The number of rotatable bonds is 4. The van der Waals surface area contributed by atoms with Gasteiger partial charge in [0, 0.05) is 0 Å². The monoisotopic (exact) mass is 372 g/mol. The van der Waals surface area contributed by atoms with E-state index in [0.29, 0.717) is 16.3 Å². The Labute approximate surface area is 152 Å². The van der Waals surface area contributed by atoms with Crippen molar-refractivity contribution >= 4 is 23.5 Å². The summed E-state index contributed by atoms with van der Waals surface area (Å²) in [7, 11) is 0. The molecule has 2 aromatic heterocycles. The largest absolute Gasteiger partial charge is 0.466 e. The van der Waals surface area contributed by atoms with Crippen molar-refractivity contribution in [2.24, 2.45) is 0 Å². The first-order chi connectivity index (χ1) is 12.5. The average molecular weight is 373 g/mol. The minimum atomic E-state index is -1.27. The van der Waals surface area contributed by atoms with Crippen LogP contribution in [0.25, 0.3) is 11.5 Å². The molecule has 1 unspecified atom stereocenters. The maximum Gasteiger partial charge on any atom is 0.325 e. The van der Waals surface area contributed by atoms with E-state index < -0.39 is 17.5 Å². The minimum Gasteiger partial charge on any atom is -0.466 e. The van der Waals surface area contributed by atoms with Gasteiger partial charge in [0.1, 0.15) is 12.3 Å². The number of hydrogen-bond acceptors (Lipinski definition) is 6. The lowest BCUT2D eigenvalue weighted by Crippen LogP contribution is -2.40. The van der Waals surface area contributed by atoms with Crippen molar-refractivity contribution < 1.29 is 18.4 Å². The second-order valence-electron chi connectivity index (χ2n) is 5.90. The van der Waals surface area contributed by atoms with Crippen LogP contribution in [0.2, 0.25) is 5.02 Å². The molecule has 1 fully saturated rings. The highest BCUT2D eigenvalue weighted by Crippen LogP contribution is 2.31. The van der Waals surface area contributed by atoms with Crippen molar-refractivity contribution in [2.75, 3.05) is 0 Å². The predicted molar refractivity (Wildman–Crippen MR) is 89.9 cm³/mol. The molecule has 3 aromatic rings. The summed E-state index contributed by atoms with van der Waals surface area (Å²) >= 11 is 6.11. The molecule has 3 amide bonds. The van der Waals surface area contributed by atoms with Gasteiger partial charge in [-0.3, -0.25) is 9.69 Å². The van der Waals surface area contributed by atoms with E-state index in [-0.39, 0.29) is 18.3 Å². The lowest BCUT2D eigenvalue weighted by atomic mass is 9.99. The van der Waals surface area contributed by atoms with Gasteiger partial charge in [-0.25, -0.2) is 4.79 Å². The molecule has 0 saturated carbocycles. The fourth-order valence-electron chi connectivity index (χ4n) is 2.77. The molecular formula is C17H13ClN4O4. The number of nitrogens with one attached hydrogen (secondary N) is 1. The quantitative estimate of drug-likeness (QED) is 0.706. The summed E-state index contributed by atoms with van der Waals surface area (Å²) in [6.07, 6.45) is 1.44. The Bertz CT molecular complexity index is 984. The van der Waals surface area contributed by atoms with Crippen molar-refractivity contribution in [3.63, 3.8) is 0 Å². The highest BCUT2D eigenvalue weighted by atomic mass is 35.5. The third-order valence-electron chi connectivity index (χ3n) is 4.15. The smallest absolute Gasteiger partial charge is 0.325 e. The van der Waals surface area contributed by atoms with Gasteiger partial charge in [0.15, 0.2) is 5.54 Å². The summed E-state index contributed by atoms with van der Waals surface area (Å²) in [5.74, 6) is 0.217. The van der Waals surface area contributed by atoms with Gasteiger partial charge in [-0.05, 0) is 31.2 Å². The van der Waals surface area contributed by atoms with Gasteiger partial charge in [0.2, 0.25) is 11.8 Å². The number of halogens is 1. The third kappa shape index (κ3) is 2.55. The van der Waals surface area contributed by atoms with Gasteiger partial charge in [-0.15, -0.1) is 10.2 Å². The molecule has 1 aliphatic rings. The van der Waals surface area contributed by atoms with Crippen LogP contribution in [0.5, 0.6) is 0 Å². The molecule has 1 aliphatic heterocycles. The maximum atomic E-state index is 12.7. The normalized spacial score (nSPS) is 19.8. The second kappa shape index (κ2) is 5.99. The second-order valence-corrected chi connectivity index (χ2v) is 6.31. The molecule has 1 atom stereocenters. The number of imide groups is 1. The molecular weight excluding hydrogens is 360 g/mol. The first kappa shape index (κ1) is 16.3. The standard InChI is InChI=1S/C17H13ClN4O4/c1-17(12-7-4-8-25-12)15(23)22(16(24)19-17)9-13-20-21-14(26-13)10-5-2-3-6-11(10)18/h2-8H,9H2,1H3,(H,19,24). The number of carbonyl (C=O) groups is 2. The molecule has 26 heavy (non-hydrogen) atoms. The number of aromatic nitrogens is 2. The van der Waals surface area contributed by atoms with Gasteiger partial charge >= 0.3 is 6.03 Å². The summed E-state index contributed by atoms with van der Waals surface area (Å²) < 4.78 is 10.8. The molecule has 4 rings (SSSR count). The van der Waals surface area contributed by atoms with E-state index in [0.717, 1.165) is 4.90 Å². The van der Waals surface area contributed by atoms with Crippen molar-refractivity contribution in [1.29, 1.82) is 0 Å². The van der Waals surface area contributed by atoms with E-state index in [1.807, 2.05) is 0 Å². The zero-order chi connectivity index (χ0) is 18.3. The van der Waals surface area contributed by atoms with Crippen LogP contribution < -0.4 is 5.32 Å². The fourth-order valence-corrected chi connectivity index (χ4v) is 2.98. The molecule has 0 radical (unpaired) electrons. The predicted octanol–water partition coefficient (Wildman–Crippen LogP) is 2.95. The Morgan fingerprint density at radius 2 is 2.00 bits per heavy atom. The van der Waals surface area contributed by atoms with Crippen LogP contribution in [-0.2, 0) is 16.9 Å². The SMILES string of the molecule is CC1(c2ccco2)NC(=O)N(Cc2nnc(-c3ccccc3Cl)o2)C1=O. The number of benzene rings is 1. The summed E-state index contributed by atoms with van der Waals surface area (Å²) in [5.41, 5.74) is -0.697. The van der Waals surface area contributed by atoms with Crippen molar-refractivity contribution in [3.05, 3.63) is 59.3 Å². The molecule has 8 nitrogen and oxygen atoms in total. The minimum absolute atomic E-state index is 0.118.